The second-order valence-electron chi connectivity index (χ2n) is 3.56. The van der Waals surface area contributed by atoms with Gasteiger partial charge in [0.25, 0.3) is 5.91 Å². The van der Waals surface area contributed by atoms with E-state index in [-0.39, 0.29) is 29.5 Å². The summed E-state index contributed by atoms with van der Waals surface area (Å²) in [4.78, 5) is 22.4. The van der Waals surface area contributed by atoms with Crippen molar-refractivity contribution in [2.45, 2.75) is 12.8 Å². The number of amides is 1. The summed E-state index contributed by atoms with van der Waals surface area (Å²) in [6.07, 6.45) is 0.646. The molecule has 0 aliphatic rings. The maximum Gasteiger partial charge on any atom is 0.305 e. The second-order valence-corrected chi connectivity index (χ2v) is 4.00. The Hall–Kier alpha value is -1.62. The zero-order chi connectivity index (χ0) is 13.5. The minimum Gasteiger partial charge on any atom is -0.469 e. The van der Waals surface area contributed by atoms with Gasteiger partial charge in [0.15, 0.2) is 0 Å². The van der Waals surface area contributed by atoms with Gasteiger partial charge in [-0.1, -0.05) is 11.6 Å². The first kappa shape index (κ1) is 14.4. The lowest BCUT2D eigenvalue weighted by molar-refractivity contribution is -0.140. The van der Waals surface area contributed by atoms with E-state index in [4.69, 9.17) is 11.6 Å². The largest absolute Gasteiger partial charge is 0.469 e. The molecule has 98 valence electrons. The summed E-state index contributed by atoms with van der Waals surface area (Å²) in [5, 5.41) is 2.74. The van der Waals surface area contributed by atoms with Gasteiger partial charge in [0.05, 0.1) is 12.7 Å². The summed E-state index contributed by atoms with van der Waals surface area (Å²) in [5.74, 6) is -1.55. The van der Waals surface area contributed by atoms with Crippen molar-refractivity contribution in [3.05, 3.63) is 34.6 Å². The lowest BCUT2D eigenvalue weighted by Crippen LogP contribution is -2.25. The SMILES string of the molecule is COC(=O)CCCNC(=O)c1ccc(Cl)cc1F. The van der Waals surface area contributed by atoms with Crippen LogP contribution in [0.2, 0.25) is 5.02 Å². The minimum atomic E-state index is -0.673. The maximum atomic E-state index is 13.4. The fourth-order valence-electron chi connectivity index (χ4n) is 1.31. The summed E-state index contributed by atoms with van der Waals surface area (Å²) in [6, 6.07) is 3.83. The van der Waals surface area contributed by atoms with Crippen molar-refractivity contribution in [1.82, 2.24) is 5.32 Å². The number of hydrogen-bond acceptors (Lipinski definition) is 3. The first-order chi connectivity index (χ1) is 8.54. The summed E-state index contributed by atoms with van der Waals surface area (Å²) in [7, 11) is 1.30. The average molecular weight is 274 g/mol. The van der Waals surface area contributed by atoms with Gasteiger partial charge in [0.2, 0.25) is 0 Å². The number of benzene rings is 1. The van der Waals surface area contributed by atoms with Crippen LogP contribution in [0.3, 0.4) is 0 Å². The average Bonchev–Trinajstić information content (AvgIpc) is 2.34. The van der Waals surface area contributed by atoms with Gasteiger partial charge in [0.1, 0.15) is 5.82 Å². The summed E-state index contributed by atoms with van der Waals surface area (Å²) < 4.78 is 17.8. The molecule has 0 radical (unpaired) electrons. The molecule has 0 bridgehead atoms. The van der Waals surface area contributed by atoms with Crippen LogP contribution in [0.25, 0.3) is 0 Å². The zero-order valence-corrected chi connectivity index (χ0v) is 10.6. The Morgan fingerprint density at radius 2 is 2.17 bits per heavy atom. The van der Waals surface area contributed by atoms with E-state index < -0.39 is 11.7 Å². The number of ether oxygens (including phenoxy) is 1. The molecule has 6 heteroatoms. The molecule has 0 atom stereocenters. The van der Waals surface area contributed by atoms with Crippen LogP contribution in [0, 0.1) is 5.82 Å². The highest BCUT2D eigenvalue weighted by atomic mass is 35.5. The van der Waals surface area contributed by atoms with Gasteiger partial charge in [-0.15, -0.1) is 0 Å². The van der Waals surface area contributed by atoms with Crippen molar-refractivity contribution in [1.29, 1.82) is 0 Å². The number of carbonyl (C=O) groups excluding carboxylic acids is 2. The highest BCUT2D eigenvalue weighted by Crippen LogP contribution is 2.14. The lowest BCUT2D eigenvalue weighted by Gasteiger charge is -2.05. The molecule has 0 saturated carbocycles. The highest BCUT2D eigenvalue weighted by molar-refractivity contribution is 6.30. The van der Waals surface area contributed by atoms with Crippen molar-refractivity contribution in [3.8, 4) is 0 Å². The molecule has 1 rings (SSSR count). The first-order valence-electron chi connectivity index (χ1n) is 5.34. The van der Waals surface area contributed by atoms with E-state index in [9.17, 15) is 14.0 Å². The van der Waals surface area contributed by atoms with Crippen LogP contribution < -0.4 is 5.32 Å². The molecule has 0 unspecified atom stereocenters. The van der Waals surface area contributed by atoms with E-state index in [0.717, 1.165) is 6.07 Å². The van der Waals surface area contributed by atoms with E-state index in [1.807, 2.05) is 0 Å². The van der Waals surface area contributed by atoms with E-state index in [1.54, 1.807) is 0 Å². The van der Waals surface area contributed by atoms with Crippen molar-refractivity contribution >= 4 is 23.5 Å². The third-order valence-electron chi connectivity index (χ3n) is 2.25. The smallest absolute Gasteiger partial charge is 0.305 e. The summed E-state index contributed by atoms with van der Waals surface area (Å²) in [5.41, 5.74) is -0.0718. The van der Waals surface area contributed by atoms with Gasteiger partial charge in [-0.2, -0.15) is 0 Å². The molecule has 0 spiro atoms. The Morgan fingerprint density at radius 3 is 2.78 bits per heavy atom. The number of nitrogens with one attached hydrogen (secondary N) is 1. The van der Waals surface area contributed by atoms with Crippen molar-refractivity contribution in [3.63, 3.8) is 0 Å². The minimum absolute atomic E-state index is 0.0718. The van der Waals surface area contributed by atoms with Gasteiger partial charge >= 0.3 is 5.97 Å². The molecule has 1 N–H and O–H groups in total. The number of hydrogen-bond donors (Lipinski definition) is 1. The molecule has 1 amide bonds. The fraction of sp³-hybridized carbons (Fsp3) is 0.333. The summed E-state index contributed by atoms with van der Waals surface area (Å²) in [6.45, 7) is 0.274. The number of esters is 1. The zero-order valence-electron chi connectivity index (χ0n) is 9.83. The first-order valence-corrected chi connectivity index (χ1v) is 5.72. The molecule has 1 aromatic carbocycles. The van der Waals surface area contributed by atoms with E-state index >= 15 is 0 Å². The van der Waals surface area contributed by atoms with Gasteiger partial charge in [-0.25, -0.2) is 4.39 Å². The van der Waals surface area contributed by atoms with Crippen LogP contribution in [-0.4, -0.2) is 25.5 Å². The predicted octanol–water partition coefficient (Wildman–Crippen LogP) is 2.16. The van der Waals surface area contributed by atoms with Crippen LogP contribution in [0.4, 0.5) is 4.39 Å². The van der Waals surface area contributed by atoms with Gasteiger partial charge in [-0.3, -0.25) is 9.59 Å². The lowest BCUT2D eigenvalue weighted by atomic mass is 10.2. The van der Waals surface area contributed by atoms with Crippen molar-refractivity contribution in [2.75, 3.05) is 13.7 Å². The standard InChI is InChI=1S/C12H13ClFNO3/c1-18-11(16)3-2-6-15-12(17)9-5-4-8(13)7-10(9)14/h4-5,7H,2-3,6H2,1H3,(H,15,17). The maximum absolute atomic E-state index is 13.4. The topological polar surface area (TPSA) is 55.4 Å². The molecule has 18 heavy (non-hydrogen) atoms. The summed E-state index contributed by atoms with van der Waals surface area (Å²) >= 11 is 5.58. The number of methoxy groups -OCH3 is 1. The second kappa shape index (κ2) is 6.96. The number of carbonyl (C=O) groups is 2. The third kappa shape index (κ3) is 4.33. The molecule has 1 aromatic rings. The quantitative estimate of drug-likeness (QED) is 0.661. The molecular weight excluding hydrogens is 261 g/mol. The molecule has 0 aliphatic carbocycles. The van der Waals surface area contributed by atoms with E-state index in [1.165, 1.54) is 19.2 Å². The third-order valence-corrected chi connectivity index (χ3v) is 2.48. The van der Waals surface area contributed by atoms with Crippen molar-refractivity contribution in [2.24, 2.45) is 0 Å². The van der Waals surface area contributed by atoms with Crippen LogP contribution >= 0.6 is 11.6 Å². The highest BCUT2D eigenvalue weighted by Gasteiger charge is 2.11. The van der Waals surface area contributed by atoms with E-state index in [2.05, 4.69) is 10.1 Å². The van der Waals surface area contributed by atoms with Crippen LogP contribution in [0.1, 0.15) is 23.2 Å². The van der Waals surface area contributed by atoms with E-state index in [0.29, 0.717) is 6.42 Å². The fourth-order valence-corrected chi connectivity index (χ4v) is 1.46. The van der Waals surface area contributed by atoms with Crippen LogP contribution in [0.15, 0.2) is 18.2 Å². The van der Waals surface area contributed by atoms with Crippen LogP contribution in [-0.2, 0) is 9.53 Å². The molecule has 0 aliphatic heterocycles. The van der Waals surface area contributed by atoms with Gasteiger partial charge in [0, 0.05) is 18.0 Å². The van der Waals surface area contributed by atoms with Gasteiger partial charge in [-0.05, 0) is 24.6 Å². The number of rotatable bonds is 5. The molecule has 0 aromatic heterocycles. The Morgan fingerprint density at radius 1 is 1.44 bits per heavy atom. The molecule has 0 fully saturated rings. The number of halogens is 2. The Balaban J connectivity index is 2.43. The van der Waals surface area contributed by atoms with Crippen LogP contribution in [0.5, 0.6) is 0 Å². The van der Waals surface area contributed by atoms with Crippen molar-refractivity contribution < 1.29 is 18.7 Å². The Kier molecular flexibility index (Phi) is 5.58. The molecular formula is C12H13ClFNO3. The Labute approximate surface area is 109 Å². The molecule has 0 heterocycles. The monoisotopic (exact) mass is 273 g/mol. The normalized spacial score (nSPS) is 9.94. The predicted molar refractivity (Wildman–Crippen MR) is 65.0 cm³/mol. The Bertz CT molecular complexity index is 451. The van der Waals surface area contributed by atoms with Gasteiger partial charge < -0.3 is 10.1 Å². The molecule has 4 nitrogen and oxygen atoms in total. The molecule has 0 saturated heterocycles.